The molecule has 0 aromatic heterocycles. The summed E-state index contributed by atoms with van der Waals surface area (Å²) in [5.74, 6) is -1.10. The van der Waals surface area contributed by atoms with Gasteiger partial charge in [0.2, 0.25) is 11.8 Å². The molecule has 1 heterocycles. The van der Waals surface area contributed by atoms with E-state index in [1.165, 1.54) is 36.0 Å². The zero-order valence-corrected chi connectivity index (χ0v) is 16.1. The van der Waals surface area contributed by atoms with Gasteiger partial charge in [0.05, 0.1) is 11.0 Å². The molecule has 0 spiro atoms. The Bertz CT molecular complexity index is 668. The van der Waals surface area contributed by atoms with Crippen molar-refractivity contribution in [3.63, 3.8) is 0 Å². The van der Waals surface area contributed by atoms with Crippen LogP contribution in [0.2, 0.25) is 0 Å². The van der Waals surface area contributed by atoms with Gasteiger partial charge in [-0.25, -0.2) is 4.39 Å². The van der Waals surface area contributed by atoms with Crippen LogP contribution in [-0.4, -0.2) is 51.9 Å². The summed E-state index contributed by atoms with van der Waals surface area (Å²) in [6.07, 6.45) is 2.53. The summed E-state index contributed by atoms with van der Waals surface area (Å²) in [5.41, 5.74) is 0.512. The molecule has 2 amide bonds. The molecule has 0 saturated carbocycles. The molecule has 8 heteroatoms. The summed E-state index contributed by atoms with van der Waals surface area (Å²) in [7, 11) is 0. The van der Waals surface area contributed by atoms with E-state index < -0.39 is 5.97 Å². The van der Waals surface area contributed by atoms with Gasteiger partial charge in [-0.2, -0.15) is 0 Å². The zero-order chi connectivity index (χ0) is 19.8. The largest absolute Gasteiger partial charge is 0.481 e. The lowest BCUT2D eigenvalue weighted by molar-refractivity contribution is -0.137. The van der Waals surface area contributed by atoms with E-state index in [9.17, 15) is 18.8 Å². The molecule has 6 nitrogen and oxygen atoms in total. The lowest BCUT2D eigenvalue weighted by Crippen LogP contribution is -2.43. The van der Waals surface area contributed by atoms with E-state index in [-0.39, 0.29) is 41.0 Å². The van der Waals surface area contributed by atoms with Crippen molar-refractivity contribution in [2.75, 3.05) is 24.2 Å². The SMILES string of the molecule is CC(SCC(=O)Nc1ccc(F)cc1)C(=O)N1CCCC(CCC(=O)O)C1. The van der Waals surface area contributed by atoms with Gasteiger partial charge in [-0.1, -0.05) is 0 Å². The van der Waals surface area contributed by atoms with Gasteiger partial charge in [0.15, 0.2) is 0 Å². The van der Waals surface area contributed by atoms with Crippen molar-refractivity contribution >= 4 is 35.2 Å². The van der Waals surface area contributed by atoms with Crippen molar-refractivity contribution in [3.8, 4) is 0 Å². The van der Waals surface area contributed by atoms with Gasteiger partial charge >= 0.3 is 5.97 Å². The minimum atomic E-state index is -0.811. The monoisotopic (exact) mass is 396 g/mol. The fourth-order valence-electron chi connectivity index (χ4n) is 3.09. The number of carbonyl (C=O) groups is 3. The molecule has 2 atom stereocenters. The molecule has 0 aliphatic carbocycles. The molecule has 0 radical (unpaired) electrons. The number of hydrogen-bond donors (Lipinski definition) is 2. The molecule has 1 aromatic carbocycles. The first-order valence-corrected chi connectivity index (χ1v) is 10.1. The maximum Gasteiger partial charge on any atom is 0.303 e. The van der Waals surface area contributed by atoms with Crippen LogP contribution in [0.3, 0.4) is 0 Å². The molecule has 1 aliphatic rings. The second kappa shape index (κ2) is 10.3. The molecule has 1 aromatic rings. The molecule has 2 unspecified atom stereocenters. The van der Waals surface area contributed by atoms with Crippen molar-refractivity contribution in [1.29, 1.82) is 0 Å². The van der Waals surface area contributed by atoms with E-state index in [1.807, 2.05) is 0 Å². The summed E-state index contributed by atoms with van der Waals surface area (Å²) < 4.78 is 12.9. The molecule has 148 valence electrons. The quantitative estimate of drug-likeness (QED) is 0.705. The van der Waals surface area contributed by atoms with Crippen LogP contribution in [-0.2, 0) is 14.4 Å². The summed E-state index contributed by atoms with van der Waals surface area (Å²) in [5, 5.41) is 11.1. The lowest BCUT2D eigenvalue weighted by Gasteiger charge is -2.34. The van der Waals surface area contributed by atoms with Gasteiger partial charge in [-0.15, -0.1) is 11.8 Å². The van der Waals surface area contributed by atoms with Crippen LogP contribution in [0.1, 0.15) is 32.6 Å². The van der Waals surface area contributed by atoms with Gasteiger partial charge in [0.25, 0.3) is 0 Å². The fourth-order valence-corrected chi connectivity index (χ4v) is 3.85. The number of halogens is 1. The number of rotatable bonds is 8. The molecular formula is C19H25FN2O4S. The van der Waals surface area contributed by atoms with Crippen LogP contribution in [0.15, 0.2) is 24.3 Å². The summed E-state index contributed by atoms with van der Waals surface area (Å²) in [4.78, 5) is 37.1. The normalized spacial score (nSPS) is 18.0. The number of likely N-dealkylation sites (tertiary alicyclic amines) is 1. The smallest absolute Gasteiger partial charge is 0.303 e. The Morgan fingerprint density at radius 2 is 2.04 bits per heavy atom. The van der Waals surface area contributed by atoms with Crippen molar-refractivity contribution in [2.24, 2.45) is 5.92 Å². The van der Waals surface area contributed by atoms with Gasteiger partial charge in [-0.3, -0.25) is 14.4 Å². The number of carbonyl (C=O) groups excluding carboxylic acids is 2. The third-order valence-electron chi connectivity index (χ3n) is 4.54. The first-order valence-electron chi connectivity index (χ1n) is 9.02. The summed E-state index contributed by atoms with van der Waals surface area (Å²) >= 11 is 1.26. The molecule has 2 N–H and O–H groups in total. The molecule has 1 saturated heterocycles. The topological polar surface area (TPSA) is 86.7 Å². The number of nitrogens with zero attached hydrogens (tertiary/aromatic N) is 1. The predicted molar refractivity (Wildman–Crippen MR) is 103 cm³/mol. The highest BCUT2D eigenvalue weighted by Gasteiger charge is 2.27. The van der Waals surface area contributed by atoms with E-state index >= 15 is 0 Å². The standard InChI is InChI=1S/C19H25FN2O4S/c1-13(27-12-17(23)21-16-7-5-15(20)6-8-16)19(26)22-10-2-3-14(11-22)4-9-18(24)25/h5-8,13-14H,2-4,9-12H2,1H3,(H,21,23)(H,24,25). The van der Waals surface area contributed by atoms with Gasteiger partial charge in [-0.05, 0) is 56.4 Å². The maximum atomic E-state index is 12.9. The first kappa shape index (κ1) is 21.2. The third-order valence-corrected chi connectivity index (χ3v) is 5.67. The number of amides is 2. The fraction of sp³-hybridized carbons (Fsp3) is 0.526. The highest BCUT2D eigenvalue weighted by Crippen LogP contribution is 2.23. The molecule has 2 rings (SSSR count). The van der Waals surface area contributed by atoms with Crippen LogP contribution >= 0.6 is 11.8 Å². The molecule has 27 heavy (non-hydrogen) atoms. The van der Waals surface area contributed by atoms with Crippen molar-refractivity contribution in [2.45, 2.75) is 37.9 Å². The highest BCUT2D eigenvalue weighted by molar-refractivity contribution is 8.01. The highest BCUT2D eigenvalue weighted by atomic mass is 32.2. The van der Waals surface area contributed by atoms with Gasteiger partial charge < -0.3 is 15.3 Å². The average molecular weight is 396 g/mol. The van der Waals surface area contributed by atoms with Crippen molar-refractivity contribution in [1.82, 2.24) is 4.90 Å². The molecule has 0 bridgehead atoms. The van der Waals surface area contributed by atoms with E-state index in [4.69, 9.17) is 5.11 Å². The van der Waals surface area contributed by atoms with Crippen LogP contribution < -0.4 is 5.32 Å². The summed E-state index contributed by atoms with van der Waals surface area (Å²) in [6.45, 7) is 3.03. The summed E-state index contributed by atoms with van der Waals surface area (Å²) in [6, 6.07) is 5.51. The Balaban J connectivity index is 1.76. The number of anilines is 1. The zero-order valence-electron chi connectivity index (χ0n) is 15.3. The van der Waals surface area contributed by atoms with E-state index in [1.54, 1.807) is 11.8 Å². The maximum absolute atomic E-state index is 12.9. The average Bonchev–Trinajstić information content (AvgIpc) is 2.66. The van der Waals surface area contributed by atoms with E-state index in [0.717, 1.165) is 12.8 Å². The first-order chi connectivity index (χ1) is 12.8. The Labute approximate surface area is 162 Å². The van der Waals surface area contributed by atoms with Crippen LogP contribution in [0.5, 0.6) is 0 Å². The number of carboxylic acid groups (broad SMARTS) is 1. The van der Waals surface area contributed by atoms with E-state index in [2.05, 4.69) is 5.32 Å². The number of thioether (sulfide) groups is 1. The number of aliphatic carboxylic acids is 1. The van der Waals surface area contributed by atoms with Gasteiger partial charge in [0.1, 0.15) is 5.82 Å². The minimum absolute atomic E-state index is 0.0189. The number of piperidine rings is 1. The number of nitrogens with one attached hydrogen (secondary N) is 1. The van der Waals surface area contributed by atoms with Crippen LogP contribution in [0, 0.1) is 11.7 Å². The Morgan fingerprint density at radius 3 is 2.70 bits per heavy atom. The van der Waals surface area contributed by atoms with Crippen molar-refractivity contribution < 1.29 is 23.9 Å². The Morgan fingerprint density at radius 1 is 1.33 bits per heavy atom. The van der Waals surface area contributed by atoms with Crippen LogP contribution in [0.4, 0.5) is 10.1 Å². The number of carboxylic acids is 1. The van der Waals surface area contributed by atoms with E-state index in [0.29, 0.717) is 25.2 Å². The Kier molecular flexibility index (Phi) is 8.09. The third kappa shape index (κ3) is 7.21. The van der Waals surface area contributed by atoms with Crippen LogP contribution in [0.25, 0.3) is 0 Å². The second-order valence-corrected chi connectivity index (χ2v) is 8.06. The van der Waals surface area contributed by atoms with Crippen molar-refractivity contribution in [3.05, 3.63) is 30.1 Å². The number of benzene rings is 1. The lowest BCUT2D eigenvalue weighted by atomic mass is 9.93. The predicted octanol–water partition coefficient (Wildman–Crippen LogP) is 2.99. The molecule has 1 aliphatic heterocycles. The number of hydrogen-bond acceptors (Lipinski definition) is 4. The molecular weight excluding hydrogens is 371 g/mol. The second-order valence-electron chi connectivity index (χ2n) is 6.73. The molecule has 1 fully saturated rings. The van der Waals surface area contributed by atoms with Gasteiger partial charge in [0, 0.05) is 25.2 Å². The Hall–Kier alpha value is -2.09. The minimum Gasteiger partial charge on any atom is -0.481 e.